The molecule has 0 radical (unpaired) electrons. The van der Waals surface area contributed by atoms with Crippen molar-refractivity contribution in [3.05, 3.63) is 29.3 Å². The first-order valence-electron chi connectivity index (χ1n) is 6.79. The van der Waals surface area contributed by atoms with Crippen molar-refractivity contribution in [2.24, 2.45) is 5.73 Å². The van der Waals surface area contributed by atoms with E-state index in [1.54, 1.807) is 0 Å². The van der Waals surface area contributed by atoms with E-state index in [0.29, 0.717) is 0 Å². The summed E-state index contributed by atoms with van der Waals surface area (Å²) in [6.45, 7) is 5.60. The molecule has 0 unspecified atom stereocenters. The van der Waals surface area contributed by atoms with Gasteiger partial charge in [-0.15, -0.1) is 0 Å². The smallest absolute Gasteiger partial charge is 0.260 e. The molecular weight excluding hydrogens is 240 g/mol. The van der Waals surface area contributed by atoms with Gasteiger partial charge in [0.15, 0.2) is 6.61 Å². The third kappa shape index (κ3) is 3.70. The molecule has 1 saturated heterocycles. The molecule has 0 saturated carbocycles. The van der Waals surface area contributed by atoms with E-state index in [0.717, 1.165) is 42.8 Å². The average molecular weight is 262 g/mol. The molecule has 0 spiro atoms. The fraction of sp³-hybridized carbons (Fsp3) is 0.533. The van der Waals surface area contributed by atoms with E-state index in [1.165, 1.54) is 0 Å². The van der Waals surface area contributed by atoms with E-state index < -0.39 is 0 Å². The second-order valence-electron chi connectivity index (χ2n) is 5.28. The number of hydrogen-bond acceptors (Lipinski definition) is 3. The van der Waals surface area contributed by atoms with Crippen LogP contribution < -0.4 is 10.5 Å². The van der Waals surface area contributed by atoms with Gasteiger partial charge in [-0.1, -0.05) is 12.1 Å². The lowest BCUT2D eigenvalue weighted by Crippen LogP contribution is -2.44. The molecule has 1 aliphatic heterocycles. The molecule has 2 N–H and O–H groups in total. The highest BCUT2D eigenvalue weighted by atomic mass is 16.5. The molecule has 0 atom stereocenters. The summed E-state index contributed by atoms with van der Waals surface area (Å²) in [6, 6.07) is 6.25. The van der Waals surface area contributed by atoms with E-state index in [2.05, 4.69) is 0 Å². The van der Waals surface area contributed by atoms with Crippen LogP contribution in [0.3, 0.4) is 0 Å². The SMILES string of the molecule is Cc1ccc(C)c(OCC(=O)N2CCC(N)CC2)c1. The number of ether oxygens (including phenoxy) is 1. The second kappa shape index (κ2) is 6.06. The van der Waals surface area contributed by atoms with Gasteiger partial charge in [-0.2, -0.15) is 0 Å². The number of nitrogens with two attached hydrogens (primary N) is 1. The van der Waals surface area contributed by atoms with Gasteiger partial charge >= 0.3 is 0 Å². The molecule has 1 aromatic carbocycles. The lowest BCUT2D eigenvalue weighted by atomic mass is 10.1. The third-order valence-electron chi connectivity index (χ3n) is 3.59. The van der Waals surface area contributed by atoms with E-state index >= 15 is 0 Å². The summed E-state index contributed by atoms with van der Waals surface area (Å²) in [5.74, 6) is 0.842. The lowest BCUT2D eigenvalue weighted by molar-refractivity contribution is -0.134. The number of carbonyl (C=O) groups is 1. The fourth-order valence-corrected chi connectivity index (χ4v) is 2.24. The Hall–Kier alpha value is -1.55. The maximum Gasteiger partial charge on any atom is 0.260 e. The van der Waals surface area contributed by atoms with Crippen LogP contribution >= 0.6 is 0 Å². The summed E-state index contributed by atoms with van der Waals surface area (Å²) in [5, 5.41) is 0. The Morgan fingerprint density at radius 2 is 2.05 bits per heavy atom. The predicted molar refractivity (Wildman–Crippen MR) is 75.2 cm³/mol. The fourth-order valence-electron chi connectivity index (χ4n) is 2.24. The molecular formula is C15H22N2O2. The molecule has 1 fully saturated rings. The van der Waals surface area contributed by atoms with Gasteiger partial charge in [0, 0.05) is 19.1 Å². The van der Waals surface area contributed by atoms with Crippen molar-refractivity contribution in [2.45, 2.75) is 32.7 Å². The predicted octanol–water partition coefficient (Wildman–Crippen LogP) is 1.63. The van der Waals surface area contributed by atoms with Crippen molar-refractivity contribution < 1.29 is 9.53 Å². The van der Waals surface area contributed by atoms with Crippen LogP contribution in [0.4, 0.5) is 0 Å². The Labute approximate surface area is 114 Å². The van der Waals surface area contributed by atoms with Crippen molar-refractivity contribution in [3.8, 4) is 5.75 Å². The van der Waals surface area contributed by atoms with E-state index in [9.17, 15) is 4.79 Å². The molecule has 4 nitrogen and oxygen atoms in total. The van der Waals surface area contributed by atoms with Crippen LogP contribution in [0.15, 0.2) is 18.2 Å². The quantitative estimate of drug-likeness (QED) is 0.901. The molecule has 0 aliphatic carbocycles. The summed E-state index contributed by atoms with van der Waals surface area (Å²) in [6.07, 6.45) is 1.77. The van der Waals surface area contributed by atoms with E-state index in [1.807, 2.05) is 36.9 Å². The minimum Gasteiger partial charge on any atom is -0.483 e. The van der Waals surface area contributed by atoms with E-state index in [-0.39, 0.29) is 18.6 Å². The summed E-state index contributed by atoms with van der Waals surface area (Å²) in [4.78, 5) is 13.9. The molecule has 1 heterocycles. The molecule has 4 heteroatoms. The Bertz CT molecular complexity index is 451. The van der Waals surface area contributed by atoms with Gasteiger partial charge in [0.05, 0.1) is 0 Å². The van der Waals surface area contributed by atoms with Gasteiger partial charge in [-0.05, 0) is 43.9 Å². The standard InChI is InChI=1S/C15H22N2O2/c1-11-3-4-12(2)14(9-11)19-10-15(18)17-7-5-13(16)6-8-17/h3-4,9,13H,5-8,10,16H2,1-2H3. The van der Waals surface area contributed by atoms with Crippen LogP contribution in [-0.4, -0.2) is 36.5 Å². The number of aryl methyl sites for hydroxylation is 2. The maximum absolute atomic E-state index is 12.0. The van der Waals surface area contributed by atoms with Crippen molar-refractivity contribution in [1.82, 2.24) is 4.90 Å². The maximum atomic E-state index is 12.0. The Morgan fingerprint density at radius 1 is 1.37 bits per heavy atom. The molecule has 0 bridgehead atoms. The summed E-state index contributed by atoms with van der Waals surface area (Å²) in [7, 11) is 0. The Kier molecular flexibility index (Phi) is 4.43. The third-order valence-corrected chi connectivity index (χ3v) is 3.59. The van der Waals surface area contributed by atoms with Gasteiger partial charge < -0.3 is 15.4 Å². The normalized spacial score (nSPS) is 16.5. The topological polar surface area (TPSA) is 55.6 Å². The number of piperidine rings is 1. The zero-order chi connectivity index (χ0) is 13.8. The number of rotatable bonds is 3. The van der Waals surface area contributed by atoms with Crippen molar-refractivity contribution >= 4 is 5.91 Å². The second-order valence-corrected chi connectivity index (χ2v) is 5.28. The first-order chi connectivity index (χ1) is 9.06. The molecule has 1 amide bonds. The largest absolute Gasteiger partial charge is 0.483 e. The molecule has 1 aromatic rings. The average Bonchev–Trinajstić information content (AvgIpc) is 2.40. The highest BCUT2D eigenvalue weighted by Gasteiger charge is 2.20. The minimum absolute atomic E-state index is 0.0489. The highest BCUT2D eigenvalue weighted by Crippen LogP contribution is 2.19. The first-order valence-corrected chi connectivity index (χ1v) is 6.79. The minimum atomic E-state index is 0.0489. The van der Waals surface area contributed by atoms with Gasteiger partial charge in [0.1, 0.15) is 5.75 Å². The lowest BCUT2D eigenvalue weighted by Gasteiger charge is -2.30. The summed E-state index contributed by atoms with van der Waals surface area (Å²) >= 11 is 0. The zero-order valence-corrected chi connectivity index (χ0v) is 11.7. The van der Waals surface area contributed by atoms with Crippen LogP contribution in [0.2, 0.25) is 0 Å². The monoisotopic (exact) mass is 262 g/mol. The Morgan fingerprint density at radius 3 is 2.74 bits per heavy atom. The van der Waals surface area contributed by atoms with Crippen LogP contribution in [0.5, 0.6) is 5.75 Å². The summed E-state index contributed by atoms with van der Waals surface area (Å²) in [5.41, 5.74) is 8.02. The van der Waals surface area contributed by atoms with Gasteiger partial charge in [0.2, 0.25) is 0 Å². The molecule has 0 aromatic heterocycles. The molecule has 19 heavy (non-hydrogen) atoms. The number of carbonyl (C=O) groups excluding carboxylic acids is 1. The van der Waals surface area contributed by atoms with Gasteiger partial charge in [-0.3, -0.25) is 4.79 Å². The van der Waals surface area contributed by atoms with Crippen molar-refractivity contribution in [1.29, 1.82) is 0 Å². The van der Waals surface area contributed by atoms with Crippen LogP contribution in [0.25, 0.3) is 0 Å². The number of hydrogen-bond donors (Lipinski definition) is 1. The molecule has 2 rings (SSSR count). The van der Waals surface area contributed by atoms with Crippen molar-refractivity contribution in [3.63, 3.8) is 0 Å². The van der Waals surface area contributed by atoms with Crippen LogP contribution in [0, 0.1) is 13.8 Å². The summed E-state index contributed by atoms with van der Waals surface area (Å²) < 4.78 is 5.64. The number of likely N-dealkylation sites (tertiary alicyclic amines) is 1. The van der Waals surface area contributed by atoms with Gasteiger partial charge in [0.25, 0.3) is 5.91 Å². The number of nitrogens with zero attached hydrogens (tertiary/aromatic N) is 1. The van der Waals surface area contributed by atoms with Crippen LogP contribution in [-0.2, 0) is 4.79 Å². The molecule has 1 aliphatic rings. The van der Waals surface area contributed by atoms with Crippen LogP contribution in [0.1, 0.15) is 24.0 Å². The Balaban J connectivity index is 1.88. The zero-order valence-electron chi connectivity index (χ0n) is 11.7. The first kappa shape index (κ1) is 13.9. The number of amides is 1. The highest BCUT2D eigenvalue weighted by molar-refractivity contribution is 5.77. The van der Waals surface area contributed by atoms with Gasteiger partial charge in [-0.25, -0.2) is 0 Å². The van der Waals surface area contributed by atoms with E-state index in [4.69, 9.17) is 10.5 Å². The molecule has 104 valence electrons. The number of benzene rings is 1. The van der Waals surface area contributed by atoms with Crippen molar-refractivity contribution in [2.75, 3.05) is 19.7 Å².